The number of aromatic nitrogens is 4. The van der Waals surface area contributed by atoms with Crippen LogP contribution in [-0.4, -0.2) is 56.4 Å². The maximum absolute atomic E-state index is 12.4. The Morgan fingerprint density at radius 3 is 1.84 bits per heavy atom. The van der Waals surface area contributed by atoms with Crippen LogP contribution in [0.1, 0.15) is 53.6 Å². The number of nitrogens with zero attached hydrogens (tertiary/aromatic N) is 5. The molecule has 0 spiro atoms. The molecular weight excluding hydrogens is 1060 g/mol. The number of unbranched alkanes of at least 4 members (excludes halogenated alkanes) is 3. The average Bonchev–Trinajstić information content (AvgIpc) is 4.13. The van der Waals surface area contributed by atoms with Crippen LogP contribution in [0.15, 0.2) is 110 Å². The number of thiocarbonyl (C=S) groups is 1. The standard InChI is InChI=1S/C26H15N3O6S2.C21H23F3N3S.CNS.Ru/c30-13-33-18-11-21(19-9-16(5-7-27-19)23-1-3-25(36-23)34-14-31)29-22(12-18)20-10-17(6-8-28-20)24-2-4-26(37-24)35-15-32;1-2-3-4-5-6-16-9-10-17(28-16)8-7-15-11-12-27-19(13-15)18(25)14-20(26)21(22,23)24;2-1-3;/h1-15H;7-14,25-26H,2-6H2,1H3;;/q;2*-1;+2/b;8-7+,18-14-,26-20?;;. The fourth-order valence-electron chi connectivity index (χ4n) is 6.03. The first-order valence-electron chi connectivity index (χ1n) is 20.2. The number of ether oxygens (including phenoxy) is 3. The van der Waals surface area contributed by atoms with E-state index in [9.17, 15) is 27.6 Å². The molecule has 0 aliphatic heterocycles. The summed E-state index contributed by atoms with van der Waals surface area (Å²) in [6.07, 6.45) is 10.2. The van der Waals surface area contributed by atoms with Crippen LogP contribution in [0.25, 0.3) is 72.6 Å². The third-order valence-electron chi connectivity index (χ3n) is 9.14. The predicted octanol–water partition coefficient (Wildman–Crippen LogP) is 13.3. The molecular formula is C48H38F3N7O6RuS4. The number of pyridine rings is 4. The normalized spacial score (nSPS) is 10.9. The van der Waals surface area contributed by atoms with E-state index in [1.807, 2.05) is 48.6 Å². The number of alkyl halides is 3. The molecule has 69 heavy (non-hydrogen) atoms. The number of aryl methyl sites for hydroxylation is 1. The Morgan fingerprint density at radius 1 is 0.739 bits per heavy atom. The van der Waals surface area contributed by atoms with Gasteiger partial charge in [0.15, 0.2) is 10.1 Å². The molecule has 21 heteroatoms. The fourth-order valence-corrected chi connectivity index (χ4v) is 8.63. The summed E-state index contributed by atoms with van der Waals surface area (Å²) < 4.78 is 52.3. The SMILES string of the molecule is CCCCCCc1ccc(/C=C/c2ccnc(/C([NH-])=C/C(=N)C(F)(F)F)c2)s1.O=COc1cc(-c2cc(-c3ccc(OC=O)s3)ccn2)nc(-c2cc(-c3ccc(OC=O)s3)ccn2)c1.[N-]=C=S.[Ru+2]. The molecule has 0 aliphatic carbocycles. The van der Waals surface area contributed by atoms with Crippen molar-refractivity contribution in [1.29, 1.82) is 5.41 Å². The average molecular weight is 1100 g/mol. The largest absolute Gasteiger partial charge is 2.00 e. The van der Waals surface area contributed by atoms with Crippen molar-refractivity contribution in [3.05, 3.63) is 142 Å². The Kier molecular flexibility index (Phi) is 22.2. The van der Waals surface area contributed by atoms with E-state index in [4.69, 9.17) is 35.7 Å². The fraction of sp³-hybridized carbons (Fsp3) is 0.146. The van der Waals surface area contributed by atoms with Gasteiger partial charge in [0.1, 0.15) is 11.5 Å². The number of isothiocyanates is 1. The van der Waals surface area contributed by atoms with E-state index in [-0.39, 0.29) is 30.9 Å². The topological polar surface area (TPSA) is 200 Å². The van der Waals surface area contributed by atoms with Gasteiger partial charge >= 0.3 is 25.7 Å². The minimum Gasteiger partial charge on any atom is -0.753 e. The van der Waals surface area contributed by atoms with E-state index in [1.165, 1.54) is 70.7 Å². The van der Waals surface area contributed by atoms with Crippen molar-refractivity contribution < 1.29 is 61.2 Å². The Hall–Kier alpha value is -6.73. The minimum absolute atomic E-state index is 0. The summed E-state index contributed by atoms with van der Waals surface area (Å²) in [5, 5.41) is 16.4. The van der Waals surface area contributed by atoms with Gasteiger partial charge in [-0.2, -0.15) is 18.3 Å². The molecule has 2 N–H and O–H groups in total. The first kappa shape index (κ1) is 54.9. The molecule has 0 atom stereocenters. The molecule has 13 nitrogen and oxygen atoms in total. The third-order valence-corrected chi connectivity index (χ3v) is 12.3. The van der Waals surface area contributed by atoms with Crippen molar-refractivity contribution in [2.45, 2.75) is 45.2 Å². The molecule has 0 amide bonds. The molecule has 354 valence electrons. The summed E-state index contributed by atoms with van der Waals surface area (Å²) >= 11 is 8.07. The van der Waals surface area contributed by atoms with Gasteiger partial charge in [-0.05, 0) is 114 Å². The zero-order chi connectivity index (χ0) is 48.9. The van der Waals surface area contributed by atoms with Crippen LogP contribution in [0.3, 0.4) is 0 Å². The Labute approximate surface area is 424 Å². The third kappa shape index (κ3) is 17.1. The van der Waals surface area contributed by atoms with Crippen molar-refractivity contribution in [2.24, 2.45) is 0 Å². The van der Waals surface area contributed by atoms with Crippen molar-refractivity contribution in [3.8, 4) is 59.5 Å². The number of rotatable bonds is 19. The molecule has 0 aromatic carbocycles. The van der Waals surface area contributed by atoms with E-state index < -0.39 is 17.6 Å². The van der Waals surface area contributed by atoms with Gasteiger partial charge in [-0.1, -0.05) is 67.2 Å². The van der Waals surface area contributed by atoms with E-state index in [1.54, 1.807) is 54.1 Å². The summed E-state index contributed by atoms with van der Waals surface area (Å²) in [5.41, 5.74) is 10.3. The van der Waals surface area contributed by atoms with Crippen molar-refractivity contribution in [2.75, 3.05) is 0 Å². The predicted molar refractivity (Wildman–Crippen MR) is 265 cm³/mol. The number of allylic oxidation sites excluding steroid dienone is 1. The molecule has 0 radical (unpaired) electrons. The van der Waals surface area contributed by atoms with E-state index >= 15 is 0 Å². The molecule has 0 unspecified atom stereocenters. The molecule has 7 aromatic rings. The quantitative estimate of drug-likeness (QED) is 0.0265. The van der Waals surface area contributed by atoms with E-state index in [0.717, 1.165) is 37.7 Å². The second kappa shape index (κ2) is 27.9. The number of carbonyl (C=O) groups excluding carboxylic acids is 3. The first-order valence-corrected chi connectivity index (χ1v) is 23.0. The second-order valence-corrected chi connectivity index (χ2v) is 17.3. The number of hydrogen-bond donors (Lipinski definition) is 1. The minimum atomic E-state index is -4.77. The summed E-state index contributed by atoms with van der Waals surface area (Å²) in [4.78, 5) is 54.1. The van der Waals surface area contributed by atoms with Crippen LogP contribution in [0.2, 0.25) is 0 Å². The number of hydrogen-bond acceptors (Lipinski definition) is 15. The molecule has 0 saturated heterocycles. The van der Waals surface area contributed by atoms with Crippen LogP contribution in [0, 0.1) is 5.41 Å². The van der Waals surface area contributed by atoms with Crippen molar-refractivity contribution >= 4 is 94.4 Å². The second-order valence-electron chi connectivity index (χ2n) is 13.8. The molecule has 7 rings (SSSR count). The maximum Gasteiger partial charge on any atom is 2.00 e. The van der Waals surface area contributed by atoms with Crippen LogP contribution < -0.4 is 14.2 Å². The summed E-state index contributed by atoms with van der Waals surface area (Å²) in [6.45, 7) is 3.31. The van der Waals surface area contributed by atoms with Gasteiger partial charge < -0.3 is 25.4 Å². The number of halogens is 3. The van der Waals surface area contributed by atoms with Gasteiger partial charge in [0, 0.05) is 55.9 Å². The van der Waals surface area contributed by atoms with Crippen LogP contribution in [0.4, 0.5) is 13.2 Å². The van der Waals surface area contributed by atoms with Gasteiger partial charge in [-0.25, -0.2) is 4.98 Å². The first-order chi connectivity index (χ1) is 32.9. The number of thiophene rings is 3. The summed E-state index contributed by atoms with van der Waals surface area (Å²) in [6, 6.07) is 25.2. The Balaban J connectivity index is 0.000000291. The van der Waals surface area contributed by atoms with Crippen molar-refractivity contribution in [1.82, 2.24) is 19.9 Å². The Morgan fingerprint density at radius 2 is 1.30 bits per heavy atom. The van der Waals surface area contributed by atoms with Crippen LogP contribution in [-0.2, 0) is 40.3 Å². The Bertz CT molecular complexity index is 2820. The van der Waals surface area contributed by atoms with Gasteiger partial charge in [-0.15, -0.1) is 17.0 Å². The molecule has 0 saturated carbocycles. The van der Waals surface area contributed by atoms with Crippen LogP contribution >= 0.6 is 46.2 Å². The van der Waals surface area contributed by atoms with Gasteiger partial charge in [0.05, 0.1) is 22.8 Å². The van der Waals surface area contributed by atoms with E-state index in [0.29, 0.717) is 58.4 Å². The summed E-state index contributed by atoms with van der Waals surface area (Å²) in [7, 11) is 0. The zero-order valence-electron chi connectivity index (χ0n) is 36.1. The maximum atomic E-state index is 12.4. The molecule has 0 bridgehead atoms. The molecule has 0 aliphatic rings. The van der Waals surface area contributed by atoms with Gasteiger partial charge in [0.2, 0.25) is 0 Å². The molecule has 7 aromatic heterocycles. The number of nitrogens with one attached hydrogen (secondary N) is 2. The zero-order valence-corrected chi connectivity index (χ0v) is 41.1. The van der Waals surface area contributed by atoms with Crippen molar-refractivity contribution in [3.63, 3.8) is 0 Å². The van der Waals surface area contributed by atoms with Gasteiger partial charge in [0.25, 0.3) is 19.4 Å². The van der Waals surface area contributed by atoms with Crippen LogP contribution in [0.5, 0.6) is 15.9 Å². The molecule has 0 fully saturated rings. The number of carbonyl (C=O) groups is 3. The van der Waals surface area contributed by atoms with E-state index in [2.05, 4.69) is 46.2 Å². The monoisotopic (exact) mass is 1100 g/mol. The molecule has 7 heterocycles. The smallest absolute Gasteiger partial charge is 0.753 e. The summed E-state index contributed by atoms with van der Waals surface area (Å²) in [5.74, 6) is 0.282. The van der Waals surface area contributed by atoms with Gasteiger partial charge in [-0.3, -0.25) is 34.7 Å².